The SMILES string of the molecule is CC1CN(CCC(N)C#N)CC(C)(C)O1. The third kappa shape index (κ3) is 4.17. The summed E-state index contributed by atoms with van der Waals surface area (Å²) in [5, 5.41) is 8.60. The van der Waals surface area contributed by atoms with Crippen LogP contribution in [0.4, 0.5) is 0 Å². The highest BCUT2D eigenvalue weighted by Crippen LogP contribution is 2.20. The van der Waals surface area contributed by atoms with Crippen molar-refractivity contribution in [3.05, 3.63) is 0 Å². The maximum atomic E-state index is 8.60. The van der Waals surface area contributed by atoms with Gasteiger partial charge in [0.1, 0.15) is 0 Å². The summed E-state index contributed by atoms with van der Waals surface area (Å²) < 4.78 is 5.80. The Bertz CT molecular complexity index is 247. The van der Waals surface area contributed by atoms with Crippen LogP contribution in [0.1, 0.15) is 27.2 Å². The van der Waals surface area contributed by atoms with Gasteiger partial charge in [-0.15, -0.1) is 0 Å². The van der Waals surface area contributed by atoms with Crippen molar-refractivity contribution in [3.8, 4) is 6.07 Å². The molecule has 0 aromatic heterocycles. The van der Waals surface area contributed by atoms with Crippen molar-refractivity contribution in [1.82, 2.24) is 4.90 Å². The van der Waals surface area contributed by atoms with Crippen LogP contribution in [-0.2, 0) is 4.74 Å². The van der Waals surface area contributed by atoms with E-state index in [2.05, 4.69) is 31.7 Å². The molecule has 0 radical (unpaired) electrons. The number of ether oxygens (including phenoxy) is 1. The second-order valence-electron chi connectivity index (χ2n) is 4.95. The Morgan fingerprint density at radius 2 is 2.33 bits per heavy atom. The molecule has 0 amide bonds. The first-order valence-corrected chi connectivity index (χ1v) is 5.48. The Morgan fingerprint density at radius 1 is 1.67 bits per heavy atom. The van der Waals surface area contributed by atoms with Crippen LogP contribution in [0.25, 0.3) is 0 Å². The number of nitriles is 1. The topological polar surface area (TPSA) is 62.3 Å². The van der Waals surface area contributed by atoms with Crippen LogP contribution in [0, 0.1) is 11.3 Å². The smallest absolute Gasteiger partial charge is 0.0940 e. The first-order chi connectivity index (χ1) is 6.93. The van der Waals surface area contributed by atoms with Crippen LogP contribution in [0.15, 0.2) is 0 Å². The molecule has 0 aromatic rings. The van der Waals surface area contributed by atoms with E-state index in [4.69, 9.17) is 15.7 Å². The number of rotatable bonds is 3. The van der Waals surface area contributed by atoms with Crippen LogP contribution in [-0.4, -0.2) is 42.3 Å². The van der Waals surface area contributed by atoms with Gasteiger partial charge in [-0.3, -0.25) is 4.90 Å². The monoisotopic (exact) mass is 211 g/mol. The molecule has 2 N–H and O–H groups in total. The fourth-order valence-corrected chi connectivity index (χ4v) is 2.14. The fraction of sp³-hybridized carbons (Fsp3) is 0.909. The fourth-order valence-electron chi connectivity index (χ4n) is 2.14. The molecule has 0 aliphatic carbocycles. The molecule has 0 bridgehead atoms. The maximum absolute atomic E-state index is 8.60. The maximum Gasteiger partial charge on any atom is 0.0940 e. The Morgan fingerprint density at radius 3 is 2.87 bits per heavy atom. The van der Waals surface area contributed by atoms with Gasteiger partial charge in [-0.25, -0.2) is 0 Å². The van der Waals surface area contributed by atoms with Crippen molar-refractivity contribution >= 4 is 0 Å². The summed E-state index contributed by atoms with van der Waals surface area (Å²) in [4.78, 5) is 2.32. The van der Waals surface area contributed by atoms with E-state index in [0.717, 1.165) is 26.1 Å². The molecular weight excluding hydrogens is 190 g/mol. The lowest BCUT2D eigenvalue weighted by molar-refractivity contribution is -0.128. The van der Waals surface area contributed by atoms with Gasteiger partial charge in [0.05, 0.1) is 23.8 Å². The second kappa shape index (κ2) is 4.93. The zero-order valence-electron chi connectivity index (χ0n) is 9.86. The summed E-state index contributed by atoms with van der Waals surface area (Å²) in [6.45, 7) is 9.00. The zero-order valence-corrected chi connectivity index (χ0v) is 9.86. The molecule has 4 nitrogen and oxygen atoms in total. The van der Waals surface area contributed by atoms with Gasteiger partial charge < -0.3 is 10.5 Å². The van der Waals surface area contributed by atoms with Gasteiger partial charge in [0.25, 0.3) is 0 Å². The molecule has 1 aliphatic rings. The third-order valence-electron chi connectivity index (χ3n) is 2.56. The third-order valence-corrected chi connectivity index (χ3v) is 2.56. The van der Waals surface area contributed by atoms with Gasteiger partial charge in [0.15, 0.2) is 0 Å². The quantitative estimate of drug-likeness (QED) is 0.747. The molecule has 0 saturated carbocycles. The first-order valence-electron chi connectivity index (χ1n) is 5.48. The molecule has 2 atom stereocenters. The van der Waals surface area contributed by atoms with Gasteiger partial charge in [0, 0.05) is 19.6 Å². The molecule has 15 heavy (non-hydrogen) atoms. The lowest BCUT2D eigenvalue weighted by Gasteiger charge is -2.41. The van der Waals surface area contributed by atoms with Crippen molar-refractivity contribution in [2.75, 3.05) is 19.6 Å². The highest BCUT2D eigenvalue weighted by atomic mass is 16.5. The number of nitrogens with zero attached hydrogens (tertiary/aromatic N) is 2. The van der Waals surface area contributed by atoms with Gasteiger partial charge in [-0.05, 0) is 27.2 Å². The van der Waals surface area contributed by atoms with E-state index in [1.165, 1.54) is 0 Å². The summed E-state index contributed by atoms with van der Waals surface area (Å²) in [7, 11) is 0. The van der Waals surface area contributed by atoms with Crippen molar-refractivity contribution in [1.29, 1.82) is 5.26 Å². The number of morpholine rings is 1. The van der Waals surface area contributed by atoms with Crippen LogP contribution < -0.4 is 5.73 Å². The van der Waals surface area contributed by atoms with Gasteiger partial charge >= 0.3 is 0 Å². The lowest BCUT2D eigenvalue weighted by Crippen LogP contribution is -2.52. The van der Waals surface area contributed by atoms with E-state index in [-0.39, 0.29) is 17.7 Å². The van der Waals surface area contributed by atoms with E-state index >= 15 is 0 Å². The first kappa shape index (κ1) is 12.4. The molecule has 0 spiro atoms. The van der Waals surface area contributed by atoms with Crippen LogP contribution in [0.3, 0.4) is 0 Å². The summed E-state index contributed by atoms with van der Waals surface area (Å²) in [5.74, 6) is 0. The van der Waals surface area contributed by atoms with E-state index in [0.29, 0.717) is 0 Å². The molecule has 1 fully saturated rings. The second-order valence-corrected chi connectivity index (χ2v) is 4.95. The largest absolute Gasteiger partial charge is 0.370 e. The molecule has 1 heterocycles. The molecular formula is C11H21N3O. The molecule has 2 unspecified atom stereocenters. The average molecular weight is 211 g/mol. The Hall–Kier alpha value is -0.630. The van der Waals surface area contributed by atoms with Gasteiger partial charge in [-0.2, -0.15) is 5.26 Å². The zero-order chi connectivity index (χ0) is 11.5. The van der Waals surface area contributed by atoms with Crippen LogP contribution in [0.2, 0.25) is 0 Å². The Kier molecular flexibility index (Phi) is 4.09. The minimum absolute atomic E-state index is 0.0889. The Labute approximate surface area is 92.0 Å². The molecule has 1 rings (SSSR count). The molecule has 1 saturated heterocycles. The minimum Gasteiger partial charge on any atom is -0.370 e. The van der Waals surface area contributed by atoms with E-state index in [1.807, 2.05) is 0 Å². The summed E-state index contributed by atoms with van der Waals surface area (Å²) in [6.07, 6.45) is 0.992. The average Bonchev–Trinajstić information content (AvgIpc) is 2.11. The molecule has 1 aliphatic heterocycles. The van der Waals surface area contributed by atoms with Crippen molar-refractivity contribution in [2.24, 2.45) is 5.73 Å². The minimum atomic E-state index is -0.341. The number of nitrogens with two attached hydrogens (primary N) is 1. The standard InChI is InChI=1S/C11H21N3O/c1-9-7-14(5-4-10(13)6-12)8-11(2,3)15-9/h9-10H,4-5,7-8,13H2,1-3H3. The highest BCUT2D eigenvalue weighted by molar-refractivity contribution is 4.89. The van der Waals surface area contributed by atoms with Crippen molar-refractivity contribution < 1.29 is 4.74 Å². The Balaban J connectivity index is 2.39. The van der Waals surface area contributed by atoms with Gasteiger partial charge in [0.2, 0.25) is 0 Å². The number of hydrogen-bond donors (Lipinski definition) is 1. The van der Waals surface area contributed by atoms with Crippen molar-refractivity contribution in [3.63, 3.8) is 0 Å². The van der Waals surface area contributed by atoms with Crippen LogP contribution >= 0.6 is 0 Å². The van der Waals surface area contributed by atoms with Crippen LogP contribution in [0.5, 0.6) is 0 Å². The van der Waals surface area contributed by atoms with E-state index in [1.54, 1.807) is 0 Å². The normalized spacial score (nSPS) is 28.3. The summed E-state index contributed by atoms with van der Waals surface area (Å²) in [6, 6.07) is 1.71. The molecule has 0 aromatic carbocycles. The summed E-state index contributed by atoms with van der Waals surface area (Å²) in [5.41, 5.74) is 5.48. The van der Waals surface area contributed by atoms with Crippen molar-refractivity contribution in [2.45, 2.75) is 44.9 Å². The lowest BCUT2D eigenvalue weighted by atomic mass is 10.0. The predicted molar refractivity (Wildman–Crippen MR) is 59.3 cm³/mol. The molecule has 86 valence electrons. The van der Waals surface area contributed by atoms with E-state index in [9.17, 15) is 0 Å². The van der Waals surface area contributed by atoms with E-state index < -0.39 is 0 Å². The summed E-state index contributed by atoms with van der Waals surface area (Å²) >= 11 is 0. The molecule has 4 heteroatoms. The van der Waals surface area contributed by atoms with Gasteiger partial charge in [-0.1, -0.05) is 0 Å². The predicted octanol–water partition coefficient (Wildman–Crippen LogP) is 0.727. The highest BCUT2D eigenvalue weighted by Gasteiger charge is 2.30. The number of hydrogen-bond acceptors (Lipinski definition) is 4.